The summed E-state index contributed by atoms with van der Waals surface area (Å²) in [6, 6.07) is 0.182. The van der Waals surface area contributed by atoms with Crippen molar-refractivity contribution in [3.63, 3.8) is 0 Å². The van der Waals surface area contributed by atoms with Crippen LogP contribution in [0.3, 0.4) is 0 Å². The zero-order valence-electron chi connectivity index (χ0n) is 8.65. The average Bonchev–Trinajstić information content (AvgIpc) is 2.62. The summed E-state index contributed by atoms with van der Waals surface area (Å²) < 4.78 is 22.5. The summed E-state index contributed by atoms with van der Waals surface area (Å²) in [5.41, 5.74) is 0. The van der Waals surface area contributed by atoms with Crippen molar-refractivity contribution >= 4 is 9.84 Å². The van der Waals surface area contributed by atoms with Gasteiger partial charge in [0.15, 0.2) is 9.84 Å². The highest BCUT2D eigenvalue weighted by Crippen LogP contribution is 2.16. The number of likely N-dealkylation sites (tertiary alicyclic amines) is 1. The Labute approximate surface area is 85.8 Å². The molecule has 14 heavy (non-hydrogen) atoms. The summed E-state index contributed by atoms with van der Waals surface area (Å²) in [5, 5.41) is 9.03. The minimum absolute atomic E-state index is 0.145. The quantitative estimate of drug-likeness (QED) is 0.703. The van der Waals surface area contributed by atoms with E-state index in [0.29, 0.717) is 6.54 Å². The van der Waals surface area contributed by atoms with Crippen LogP contribution < -0.4 is 0 Å². The Balaban J connectivity index is 2.38. The second kappa shape index (κ2) is 5.09. The summed E-state index contributed by atoms with van der Waals surface area (Å²) in [7, 11) is -2.86. The summed E-state index contributed by atoms with van der Waals surface area (Å²) in [5.74, 6) is 0.435. The van der Waals surface area contributed by atoms with Crippen LogP contribution in [0.25, 0.3) is 0 Å². The molecular formula is C9H19NO3S. The van der Waals surface area contributed by atoms with E-state index in [0.717, 1.165) is 19.4 Å². The summed E-state index contributed by atoms with van der Waals surface area (Å²) in [6.07, 6.45) is 2.06. The van der Waals surface area contributed by atoms with Crippen LogP contribution in [0.1, 0.15) is 19.8 Å². The number of aliphatic hydroxyl groups excluding tert-OH is 1. The van der Waals surface area contributed by atoms with E-state index in [4.69, 9.17) is 5.11 Å². The van der Waals surface area contributed by atoms with E-state index in [1.165, 1.54) is 0 Å². The van der Waals surface area contributed by atoms with Crippen molar-refractivity contribution in [3.8, 4) is 0 Å². The first-order valence-electron chi connectivity index (χ1n) is 5.14. The fourth-order valence-electron chi connectivity index (χ4n) is 1.80. The summed E-state index contributed by atoms with van der Waals surface area (Å²) >= 11 is 0. The van der Waals surface area contributed by atoms with E-state index < -0.39 is 9.84 Å². The molecule has 1 fully saturated rings. The molecule has 0 unspecified atom stereocenters. The van der Waals surface area contributed by atoms with Gasteiger partial charge in [0.05, 0.1) is 12.4 Å². The maximum atomic E-state index is 11.3. The molecule has 1 rings (SSSR count). The van der Waals surface area contributed by atoms with Gasteiger partial charge in [0.25, 0.3) is 0 Å². The van der Waals surface area contributed by atoms with Crippen molar-refractivity contribution in [1.82, 2.24) is 4.90 Å². The molecule has 5 heteroatoms. The topological polar surface area (TPSA) is 57.6 Å². The third kappa shape index (κ3) is 3.22. The Morgan fingerprint density at radius 1 is 1.50 bits per heavy atom. The van der Waals surface area contributed by atoms with Crippen molar-refractivity contribution in [3.05, 3.63) is 0 Å². The molecule has 0 aliphatic carbocycles. The Kier molecular flexibility index (Phi) is 4.34. The number of hydrogen-bond acceptors (Lipinski definition) is 4. The van der Waals surface area contributed by atoms with Gasteiger partial charge in [-0.25, -0.2) is 8.42 Å². The molecule has 0 radical (unpaired) electrons. The minimum Gasteiger partial charge on any atom is -0.395 e. The third-order valence-corrected chi connectivity index (χ3v) is 4.52. The lowest BCUT2D eigenvalue weighted by Gasteiger charge is -2.22. The number of hydrogen-bond donors (Lipinski definition) is 1. The standard InChI is InChI=1S/C9H19NO3S/c1-2-14(12,13)7-6-10-5-3-4-9(10)8-11/h9,11H,2-8H2,1H3/t9-/m1/s1. The Hall–Kier alpha value is -0.130. The molecule has 1 aliphatic heterocycles. The molecule has 4 nitrogen and oxygen atoms in total. The van der Waals surface area contributed by atoms with Crippen LogP contribution in [0.4, 0.5) is 0 Å². The number of nitrogens with zero attached hydrogens (tertiary/aromatic N) is 1. The second-order valence-corrected chi connectivity index (χ2v) is 6.22. The molecule has 1 heterocycles. The average molecular weight is 221 g/mol. The summed E-state index contributed by atoms with van der Waals surface area (Å²) in [4.78, 5) is 2.08. The van der Waals surface area contributed by atoms with Crippen LogP contribution in [-0.4, -0.2) is 55.7 Å². The van der Waals surface area contributed by atoms with Gasteiger partial charge in [-0.2, -0.15) is 0 Å². The van der Waals surface area contributed by atoms with Gasteiger partial charge < -0.3 is 5.11 Å². The van der Waals surface area contributed by atoms with Crippen molar-refractivity contribution < 1.29 is 13.5 Å². The molecule has 84 valence electrons. The van der Waals surface area contributed by atoms with Gasteiger partial charge in [-0.3, -0.25) is 4.90 Å². The molecule has 0 aromatic heterocycles. The van der Waals surface area contributed by atoms with E-state index in [2.05, 4.69) is 4.90 Å². The molecular weight excluding hydrogens is 202 g/mol. The molecule has 0 amide bonds. The summed E-state index contributed by atoms with van der Waals surface area (Å²) in [6.45, 7) is 3.31. The molecule has 1 N–H and O–H groups in total. The maximum Gasteiger partial charge on any atom is 0.151 e. The number of sulfone groups is 1. The third-order valence-electron chi connectivity index (χ3n) is 2.84. The maximum absolute atomic E-state index is 11.3. The SMILES string of the molecule is CCS(=O)(=O)CCN1CCC[C@@H]1CO. The minimum atomic E-state index is -2.86. The highest BCUT2D eigenvalue weighted by molar-refractivity contribution is 7.91. The molecule has 0 spiro atoms. The van der Waals surface area contributed by atoms with Crippen LogP contribution in [0.15, 0.2) is 0 Å². The normalized spacial score (nSPS) is 24.3. The monoisotopic (exact) mass is 221 g/mol. The smallest absolute Gasteiger partial charge is 0.151 e. The molecule has 1 aliphatic rings. The van der Waals surface area contributed by atoms with Crippen LogP contribution in [0.2, 0.25) is 0 Å². The van der Waals surface area contributed by atoms with Gasteiger partial charge >= 0.3 is 0 Å². The van der Waals surface area contributed by atoms with Gasteiger partial charge in [-0.05, 0) is 19.4 Å². The van der Waals surface area contributed by atoms with Crippen LogP contribution in [0, 0.1) is 0 Å². The van der Waals surface area contributed by atoms with E-state index >= 15 is 0 Å². The van der Waals surface area contributed by atoms with Gasteiger partial charge in [0.2, 0.25) is 0 Å². The van der Waals surface area contributed by atoms with Gasteiger partial charge in [-0.1, -0.05) is 6.92 Å². The van der Waals surface area contributed by atoms with Crippen molar-refractivity contribution in [2.75, 3.05) is 31.2 Å². The van der Waals surface area contributed by atoms with E-state index in [9.17, 15) is 8.42 Å². The first-order valence-corrected chi connectivity index (χ1v) is 6.96. The number of aliphatic hydroxyl groups is 1. The van der Waals surface area contributed by atoms with E-state index in [1.807, 2.05) is 0 Å². The largest absolute Gasteiger partial charge is 0.395 e. The predicted octanol–water partition coefficient (Wildman–Crippen LogP) is -0.122. The Morgan fingerprint density at radius 2 is 2.21 bits per heavy atom. The Morgan fingerprint density at radius 3 is 2.79 bits per heavy atom. The fourth-order valence-corrected chi connectivity index (χ4v) is 2.60. The zero-order chi connectivity index (χ0) is 10.6. The predicted molar refractivity (Wildman–Crippen MR) is 56.0 cm³/mol. The van der Waals surface area contributed by atoms with Crippen molar-refractivity contribution in [2.45, 2.75) is 25.8 Å². The fraction of sp³-hybridized carbons (Fsp3) is 1.00. The Bertz CT molecular complexity index is 263. The van der Waals surface area contributed by atoms with Crippen molar-refractivity contribution in [2.24, 2.45) is 0 Å². The van der Waals surface area contributed by atoms with E-state index in [-0.39, 0.29) is 24.2 Å². The molecule has 0 aromatic rings. The first kappa shape index (κ1) is 11.9. The highest BCUT2D eigenvalue weighted by atomic mass is 32.2. The first-order chi connectivity index (χ1) is 6.59. The lowest BCUT2D eigenvalue weighted by atomic mass is 10.2. The second-order valence-electron chi connectivity index (χ2n) is 3.75. The molecule has 0 aromatic carbocycles. The van der Waals surface area contributed by atoms with E-state index in [1.54, 1.807) is 6.92 Å². The van der Waals surface area contributed by atoms with Gasteiger partial charge in [0, 0.05) is 18.3 Å². The van der Waals surface area contributed by atoms with Crippen molar-refractivity contribution in [1.29, 1.82) is 0 Å². The highest BCUT2D eigenvalue weighted by Gasteiger charge is 2.24. The molecule has 1 atom stereocenters. The molecule has 1 saturated heterocycles. The number of rotatable bonds is 5. The van der Waals surface area contributed by atoms with Gasteiger partial charge in [-0.15, -0.1) is 0 Å². The van der Waals surface area contributed by atoms with Gasteiger partial charge in [0.1, 0.15) is 0 Å². The zero-order valence-corrected chi connectivity index (χ0v) is 9.46. The van der Waals surface area contributed by atoms with Crippen LogP contribution >= 0.6 is 0 Å². The lowest BCUT2D eigenvalue weighted by molar-refractivity contribution is 0.165. The lowest BCUT2D eigenvalue weighted by Crippen LogP contribution is -2.36. The molecule has 0 saturated carbocycles. The van der Waals surface area contributed by atoms with Crippen LogP contribution in [0.5, 0.6) is 0 Å². The van der Waals surface area contributed by atoms with Crippen LogP contribution in [-0.2, 0) is 9.84 Å². The molecule has 0 bridgehead atoms.